The van der Waals surface area contributed by atoms with Gasteiger partial charge < -0.3 is 9.40 Å². The summed E-state index contributed by atoms with van der Waals surface area (Å²) in [7, 11) is 0. The lowest BCUT2D eigenvalue weighted by Gasteiger charge is -2.16. The number of imidazole rings is 1. The van der Waals surface area contributed by atoms with Crippen LogP contribution < -0.4 is 5.32 Å². The molecule has 0 aliphatic carbocycles. The summed E-state index contributed by atoms with van der Waals surface area (Å²) >= 11 is 3.48. The van der Waals surface area contributed by atoms with Crippen molar-refractivity contribution in [2.24, 2.45) is 0 Å². The van der Waals surface area contributed by atoms with Gasteiger partial charge in [0.25, 0.3) is 0 Å². The Balaban J connectivity index is 1.80. The van der Waals surface area contributed by atoms with Crippen LogP contribution >= 0.6 is 15.9 Å². The molecule has 0 spiro atoms. The fraction of sp³-hybridized carbons (Fsp3) is 0.267. The molecule has 4 nitrogen and oxygen atoms in total. The van der Waals surface area contributed by atoms with Crippen molar-refractivity contribution in [3.8, 4) is 0 Å². The first-order valence-electron chi connectivity index (χ1n) is 6.58. The van der Waals surface area contributed by atoms with Crippen molar-refractivity contribution in [1.82, 2.24) is 15.3 Å². The van der Waals surface area contributed by atoms with Gasteiger partial charge in [-0.1, -0.05) is 15.9 Å². The third-order valence-corrected chi connectivity index (χ3v) is 3.85. The Hall–Kier alpha value is -1.59. The zero-order valence-corrected chi connectivity index (χ0v) is 12.9. The fourth-order valence-electron chi connectivity index (χ4n) is 2.30. The Kier molecular flexibility index (Phi) is 3.63. The average molecular weight is 334 g/mol. The lowest BCUT2D eigenvalue weighted by atomic mass is 10.2. The van der Waals surface area contributed by atoms with Gasteiger partial charge >= 0.3 is 0 Å². The van der Waals surface area contributed by atoms with Gasteiger partial charge in [-0.3, -0.25) is 5.32 Å². The van der Waals surface area contributed by atoms with Gasteiger partial charge in [0.05, 0.1) is 12.1 Å². The first-order valence-corrected chi connectivity index (χ1v) is 7.37. The first kappa shape index (κ1) is 13.4. The molecule has 0 bridgehead atoms. The highest BCUT2D eigenvalue weighted by molar-refractivity contribution is 9.10. The average Bonchev–Trinajstić information content (AvgIpc) is 3.07. The Morgan fingerprint density at radius 1 is 1.25 bits per heavy atom. The minimum absolute atomic E-state index is 0.112. The molecule has 5 heteroatoms. The van der Waals surface area contributed by atoms with Crippen LogP contribution in [0.4, 0.5) is 0 Å². The molecule has 2 aromatic heterocycles. The number of halogens is 1. The second-order valence-electron chi connectivity index (χ2n) is 4.92. The molecule has 2 N–H and O–H groups in total. The second kappa shape index (κ2) is 5.42. The topological polar surface area (TPSA) is 53.9 Å². The predicted octanol–water partition coefficient (Wildman–Crippen LogP) is 4.33. The quantitative estimate of drug-likeness (QED) is 0.747. The minimum Gasteiger partial charge on any atom is -0.459 e. The predicted molar refractivity (Wildman–Crippen MR) is 82.5 cm³/mol. The van der Waals surface area contributed by atoms with Crippen LogP contribution in [0.5, 0.6) is 0 Å². The van der Waals surface area contributed by atoms with E-state index in [0.717, 1.165) is 27.0 Å². The number of H-pyrrole nitrogens is 1. The van der Waals surface area contributed by atoms with E-state index >= 15 is 0 Å². The molecule has 0 radical (unpaired) electrons. The Morgan fingerprint density at radius 3 is 2.85 bits per heavy atom. The molecule has 20 heavy (non-hydrogen) atoms. The monoisotopic (exact) mass is 333 g/mol. The highest BCUT2D eigenvalue weighted by Gasteiger charge is 2.16. The van der Waals surface area contributed by atoms with Crippen molar-refractivity contribution in [2.45, 2.75) is 25.9 Å². The number of rotatable bonds is 4. The summed E-state index contributed by atoms with van der Waals surface area (Å²) in [6.45, 7) is 4.17. The summed E-state index contributed by atoms with van der Waals surface area (Å²) in [6, 6.07) is 8.35. The van der Waals surface area contributed by atoms with E-state index in [1.54, 1.807) is 6.20 Å². The molecule has 3 aromatic rings. The van der Waals surface area contributed by atoms with Crippen LogP contribution in [0.3, 0.4) is 0 Å². The van der Waals surface area contributed by atoms with E-state index in [9.17, 15) is 0 Å². The number of aromatic amines is 1. The lowest BCUT2D eigenvalue weighted by Crippen LogP contribution is -2.22. The maximum Gasteiger partial charge on any atom is 0.134 e. The number of furan rings is 1. The number of nitrogens with zero attached hydrogens (tertiary/aromatic N) is 1. The van der Waals surface area contributed by atoms with E-state index < -0.39 is 0 Å². The molecule has 0 saturated carbocycles. The van der Waals surface area contributed by atoms with Crippen molar-refractivity contribution in [3.63, 3.8) is 0 Å². The van der Waals surface area contributed by atoms with Gasteiger partial charge in [0.15, 0.2) is 0 Å². The molecule has 0 aliphatic heterocycles. The van der Waals surface area contributed by atoms with E-state index in [0.29, 0.717) is 0 Å². The zero-order chi connectivity index (χ0) is 14.1. The second-order valence-corrected chi connectivity index (χ2v) is 5.83. The molecule has 1 aromatic carbocycles. The smallest absolute Gasteiger partial charge is 0.134 e. The number of hydrogen-bond acceptors (Lipinski definition) is 3. The first-order chi connectivity index (χ1) is 9.63. The van der Waals surface area contributed by atoms with Gasteiger partial charge in [0, 0.05) is 22.3 Å². The van der Waals surface area contributed by atoms with E-state index in [-0.39, 0.29) is 12.1 Å². The SMILES string of the molecule is CC(NC(C)c1cc2cc(Br)ccc2o1)c1ncc[nH]1. The maximum absolute atomic E-state index is 5.89. The number of hydrogen-bond donors (Lipinski definition) is 2. The molecular weight excluding hydrogens is 318 g/mol. The number of benzene rings is 1. The number of aromatic nitrogens is 2. The fourth-order valence-corrected chi connectivity index (χ4v) is 2.68. The summed E-state index contributed by atoms with van der Waals surface area (Å²) < 4.78 is 6.95. The van der Waals surface area contributed by atoms with Crippen molar-refractivity contribution in [2.75, 3.05) is 0 Å². The van der Waals surface area contributed by atoms with E-state index in [1.165, 1.54) is 0 Å². The third kappa shape index (κ3) is 2.64. The highest BCUT2D eigenvalue weighted by atomic mass is 79.9. The van der Waals surface area contributed by atoms with Gasteiger partial charge in [-0.25, -0.2) is 4.98 Å². The summed E-state index contributed by atoms with van der Waals surface area (Å²) in [6.07, 6.45) is 3.59. The molecule has 0 saturated heterocycles. The lowest BCUT2D eigenvalue weighted by molar-refractivity contribution is 0.410. The Labute approximate surface area is 125 Å². The Morgan fingerprint density at radius 2 is 2.10 bits per heavy atom. The standard InChI is InChI=1S/C15H16BrN3O/c1-9(19-10(2)15-17-5-6-18-15)14-8-11-7-12(16)3-4-13(11)20-14/h3-10,19H,1-2H3,(H,17,18). The normalized spacial score (nSPS) is 14.6. The van der Waals surface area contributed by atoms with Gasteiger partial charge in [-0.15, -0.1) is 0 Å². The van der Waals surface area contributed by atoms with Crippen LogP contribution in [-0.2, 0) is 0 Å². The molecule has 0 amide bonds. The largest absolute Gasteiger partial charge is 0.459 e. The summed E-state index contributed by atoms with van der Waals surface area (Å²) in [5.74, 6) is 1.85. The van der Waals surface area contributed by atoms with Crippen LogP contribution in [-0.4, -0.2) is 9.97 Å². The van der Waals surface area contributed by atoms with Crippen LogP contribution in [0.2, 0.25) is 0 Å². The molecular formula is C15H16BrN3O. The minimum atomic E-state index is 0.112. The van der Waals surface area contributed by atoms with Crippen molar-refractivity contribution >= 4 is 26.9 Å². The van der Waals surface area contributed by atoms with Gasteiger partial charge in [0.1, 0.15) is 17.2 Å². The third-order valence-electron chi connectivity index (χ3n) is 3.35. The Bertz CT molecular complexity index is 705. The molecule has 0 aliphatic rings. The molecule has 2 atom stereocenters. The molecule has 2 heterocycles. The summed E-state index contributed by atoms with van der Waals surface area (Å²) in [5, 5.41) is 4.58. The van der Waals surface area contributed by atoms with E-state index in [2.05, 4.69) is 57.2 Å². The summed E-state index contributed by atoms with van der Waals surface area (Å²) in [4.78, 5) is 7.38. The summed E-state index contributed by atoms with van der Waals surface area (Å²) in [5.41, 5.74) is 0.905. The van der Waals surface area contributed by atoms with Gasteiger partial charge in [-0.2, -0.15) is 0 Å². The molecule has 2 unspecified atom stereocenters. The molecule has 3 rings (SSSR count). The van der Waals surface area contributed by atoms with Crippen LogP contribution in [0.25, 0.3) is 11.0 Å². The van der Waals surface area contributed by atoms with Gasteiger partial charge in [-0.05, 0) is 38.1 Å². The molecule has 0 fully saturated rings. The van der Waals surface area contributed by atoms with Crippen LogP contribution in [0, 0.1) is 0 Å². The van der Waals surface area contributed by atoms with E-state index in [1.807, 2.05) is 18.3 Å². The van der Waals surface area contributed by atoms with Crippen molar-refractivity contribution in [1.29, 1.82) is 0 Å². The number of nitrogens with one attached hydrogen (secondary N) is 2. The van der Waals surface area contributed by atoms with Crippen molar-refractivity contribution in [3.05, 3.63) is 52.7 Å². The van der Waals surface area contributed by atoms with Gasteiger partial charge in [0.2, 0.25) is 0 Å². The van der Waals surface area contributed by atoms with Crippen LogP contribution in [0.1, 0.15) is 37.5 Å². The zero-order valence-electron chi connectivity index (χ0n) is 11.4. The maximum atomic E-state index is 5.89. The van der Waals surface area contributed by atoms with Crippen molar-refractivity contribution < 1.29 is 4.42 Å². The number of fused-ring (bicyclic) bond motifs is 1. The molecule has 104 valence electrons. The highest BCUT2D eigenvalue weighted by Crippen LogP contribution is 2.27. The van der Waals surface area contributed by atoms with Crippen LogP contribution in [0.15, 0.2) is 45.5 Å². The van der Waals surface area contributed by atoms with E-state index in [4.69, 9.17) is 4.42 Å².